The fourth-order valence-electron chi connectivity index (χ4n) is 4.51. The smallest absolute Gasteiger partial charge is 0.165 e. The molecule has 2 saturated heterocycles. The summed E-state index contributed by atoms with van der Waals surface area (Å²) in [5.41, 5.74) is 0.298. The minimum Gasteiger partial charge on any atom is -0.492 e. The average molecular weight is 443 g/mol. The molecule has 0 spiro atoms. The Balaban J connectivity index is 1.20. The molecule has 32 heavy (non-hydrogen) atoms. The first-order valence-corrected chi connectivity index (χ1v) is 11.9. The van der Waals surface area contributed by atoms with Crippen molar-refractivity contribution in [2.45, 2.75) is 44.2 Å². The van der Waals surface area contributed by atoms with Crippen LogP contribution < -0.4 is 9.47 Å². The summed E-state index contributed by atoms with van der Waals surface area (Å²) in [6.07, 6.45) is 5.16. The maximum atomic E-state index is 13.8. The molecule has 0 unspecified atom stereocenters. The van der Waals surface area contributed by atoms with Gasteiger partial charge in [-0.25, -0.2) is 4.39 Å². The minimum absolute atomic E-state index is 0.113. The van der Waals surface area contributed by atoms with Crippen LogP contribution in [0.15, 0.2) is 48.5 Å². The molecule has 6 heteroatoms. The second kappa shape index (κ2) is 11.1. The van der Waals surface area contributed by atoms with Crippen LogP contribution in [0.25, 0.3) is 0 Å². The van der Waals surface area contributed by atoms with Crippen molar-refractivity contribution >= 4 is 0 Å². The molecule has 5 nitrogen and oxygen atoms in total. The number of hydrogen-bond acceptors (Lipinski definition) is 5. The monoisotopic (exact) mass is 442 g/mol. The number of piperidine rings is 2. The van der Waals surface area contributed by atoms with Crippen molar-refractivity contribution in [2.75, 3.05) is 45.9 Å². The van der Waals surface area contributed by atoms with Gasteiger partial charge in [0.1, 0.15) is 24.6 Å². The highest BCUT2D eigenvalue weighted by molar-refractivity contribution is 5.28. The lowest BCUT2D eigenvalue weighted by Crippen LogP contribution is -2.47. The lowest BCUT2D eigenvalue weighted by atomic mass is 9.92. The van der Waals surface area contributed by atoms with Gasteiger partial charge in [-0.15, -0.1) is 0 Å². The summed E-state index contributed by atoms with van der Waals surface area (Å²) in [6, 6.07) is 14.6. The number of hydrogen-bond donors (Lipinski definition) is 1. The van der Waals surface area contributed by atoms with Gasteiger partial charge in [0.15, 0.2) is 11.6 Å². The Hall–Kier alpha value is -2.15. The van der Waals surface area contributed by atoms with Crippen LogP contribution >= 0.6 is 0 Å². The van der Waals surface area contributed by atoms with E-state index in [0.717, 1.165) is 38.5 Å². The number of ether oxygens (including phenoxy) is 2. The Kier molecular flexibility index (Phi) is 8.00. The molecule has 2 aliphatic rings. The molecular weight excluding hydrogens is 407 g/mol. The summed E-state index contributed by atoms with van der Waals surface area (Å²) in [4.78, 5) is 4.82. The maximum Gasteiger partial charge on any atom is 0.165 e. The van der Waals surface area contributed by atoms with Crippen molar-refractivity contribution in [1.29, 1.82) is 0 Å². The number of aliphatic hydroxyl groups is 1. The van der Waals surface area contributed by atoms with Crippen molar-refractivity contribution in [3.63, 3.8) is 0 Å². The standard InChI is InChI=1S/C26H35FN2O3/c27-24-9-2-3-10-25(24)32-21-26(30)11-15-29(16-12-26)20-22-7-6-8-23(19-22)31-18-17-28-13-4-1-5-14-28/h2-3,6-10,19,30H,1,4-5,11-18,20-21H2. The molecule has 174 valence electrons. The molecule has 2 fully saturated rings. The second-order valence-electron chi connectivity index (χ2n) is 9.12. The van der Waals surface area contributed by atoms with E-state index < -0.39 is 11.4 Å². The van der Waals surface area contributed by atoms with Crippen LogP contribution in [-0.2, 0) is 6.54 Å². The Morgan fingerprint density at radius 2 is 1.66 bits per heavy atom. The third-order valence-electron chi connectivity index (χ3n) is 6.55. The fourth-order valence-corrected chi connectivity index (χ4v) is 4.51. The van der Waals surface area contributed by atoms with Crippen molar-refractivity contribution in [2.24, 2.45) is 0 Å². The third-order valence-corrected chi connectivity index (χ3v) is 6.55. The van der Waals surface area contributed by atoms with E-state index in [1.165, 1.54) is 44.0 Å². The molecule has 2 heterocycles. The van der Waals surface area contributed by atoms with Crippen molar-refractivity contribution < 1.29 is 19.0 Å². The number of halogens is 1. The minimum atomic E-state index is -0.918. The molecule has 0 saturated carbocycles. The molecule has 0 aromatic heterocycles. The Bertz CT molecular complexity index is 848. The molecule has 1 N–H and O–H groups in total. The zero-order valence-electron chi connectivity index (χ0n) is 18.8. The van der Waals surface area contributed by atoms with E-state index in [1.54, 1.807) is 18.2 Å². The fraction of sp³-hybridized carbons (Fsp3) is 0.538. The summed E-state index contributed by atoms with van der Waals surface area (Å²) in [6.45, 7) is 6.59. The van der Waals surface area contributed by atoms with Gasteiger partial charge in [-0.1, -0.05) is 30.7 Å². The van der Waals surface area contributed by atoms with E-state index >= 15 is 0 Å². The van der Waals surface area contributed by atoms with Crippen LogP contribution in [0.4, 0.5) is 4.39 Å². The SMILES string of the molecule is OC1(COc2ccccc2F)CCN(Cc2cccc(OCCN3CCCCC3)c2)CC1. The van der Waals surface area contributed by atoms with Crippen LogP contribution in [0.1, 0.15) is 37.7 Å². The molecule has 0 aliphatic carbocycles. The summed E-state index contributed by atoms with van der Waals surface area (Å²) < 4.78 is 25.3. The molecule has 2 aromatic rings. The number of likely N-dealkylation sites (tertiary alicyclic amines) is 2. The van der Waals surface area contributed by atoms with Gasteiger partial charge in [0, 0.05) is 26.2 Å². The van der Waals surface area contributed by atoms with Gasteiger partial charge in [0.25, 0.3) is 0 Å². The van der Waals surface area contributed by atoms with Crippen molar-refractivity contribution in [3.8, 4) is 11.5 Å². The molecule has 0 bridgehead atoms. The Morgan fingerprint density at radius 1 is 0.875 bits per heavy atom. The van der Waals surface area contributed by atoms with Crippen LogP contribution in [0.3, 0.4) is 0 Å². The zero-order chi connectivity index (χ0) is 22.2. The molecule has 2 aromatic carbocycles. The third kappa shape index (κ3) is 6.67. The predicted molar refractivity (Wildman–Crippen MR) is 124 cm³/mol. The van der Waals surface area contributed by atoms with Gasteiger partial charge in [0.2, 0.25) is 0 Å². The van der Waals surface area contributed by atoms with Gasteiger partial charge in [-0.3, -0.25) is 9.80 Å². The first-order valence-electron chi connectivity index (χ1n) is 11.9. The molecule has 4 rings (SSSR count). The van der Waals surface area contributed by atoms with E-state index in [9.17, 15) is 9.50 Å². The molecule has 2 aliphatic heterocycles. The summed E-state index contributed by atoms with van der Waals surface area (Å²) in [7, 11) is 0. The van der Waals surface area contributed by atoms with Gasteiger partial charge < -0.3 is 14.6 Å². The highest BCUT2D eigenvalue weighted by Gasteiger charge is 2.33. The second-order valence-corrected chi connectivity index (χ2v) is 9.12. The lowest BCUT2D eigenvalue weighted by Gasteiger charge is -2.38. The maximum absolute atomic E-state index is 13.8. The van der Waals surface area contributed by atoms with Crippen LogP contribution in [0.5, 0.6) is 11.5 Å². The van der Waals surface area contributed by atoms with E-state index in [4.69, 9.17) is 9.47 Å². The van der Waals surface area contributed by atoms with E-state index in [1.807, 2.05) is 12.1 Å². The Morgan fingerprint density at radius 3 is 2.44 bits per heavy atom. The quantitative estimate of drug-likeness (QED) is 0.634. The molecule has 0 radical (unpaired) electrons. The van der Waals surface area contributed by atoms with Gasteiger partial charge in [0.05, 0.1) is 0 Å². The number of benzene rings is 2. The number of nitrogens with zero attached hydrogens (tertiary/aromatic N) is 2. The topological polar surface area (TPSA) is 45.2 Å². The largest absolute Gasteiger partial charge is 0.492 e. The van der Waals surface area contributed by atoms with Crippen molar-refractivity contribution in [1.82, 2.24) is 9.80 Å². The van der Waals surface area contributed by atoms with Crippen LogP contribution in [-0.4, -0.2) is 66.4 Å². The van der Waals surface area contributed by atoms with Gasteiger partial charge in [-0.05, 0) is 68.6 Å². The van der Waals surface area contributed by atoms with E-state index in [-0.39, 0.29) is 12.4 Å². The van der Waals surface area contributed by atoms with Crippen molar-refractivity contribution in [3.05, 3.63) is 59.9 Å². The average Bonchev–Trinajstić information content (AvgIpc) is 2.81. The van der Waals surface area contributed by atoms with Gasteiger partial charge in [-0.2, -0.15) is 0 Å². The Labute approximate surface area is 190 Å². The normalized spacial score (nSPS) is 19.6. The summed E-state index contributed by atoms with van der Waals surface area (Å²) in [5.74, 6) is 0.721. The zero-order valence-corrected chi connectivity index (χ0v) is 18.8. The highest BCUT2D eigenvalue weighted by Crippen LogP contribution is 2.26. The van der Waals surface area contributed by atoms with E-state index in [0.29, 0.717) is 12.8 Å². The van der Waals surface area contributed by atoms with Crippen LogP contribution in [0.2, 0.25) is 0 Å². The number of rotatable bonds is 9. The first-order chi connectivity index (χ1) is 15.6. The number of para-hydroxylation sites is 1. The highest BCUT2D eigenvalue weighted by atomic mass is 19.1. The lowest BCUT2D eigenvalue weighted by molar-refractivity contribution is -0.0543. The molecular formula is C26H35FN2O3. The summed E-state index contributed by atoms with van der Waals surface area (Å²) in [5, 5.41) is 10.9. The predicted octanol–water partition coefficient (Wildman–Crippen LogP) is 4.10. The summed E-state index contributed by atoms with van der Waals surface area (Å²) >= 11 is 0. The van der Waals surface area contributed by atoms with E-state index in [2.05, 4.69) is 21.9 Å². The first kappa shape index (κ1) is 23.0. The molecule has 0 amide bonds. The molecule has 0 atom stereocenters. The van der Waals surface area contributed by atoms with Crippen LogP contribution in [0, 0.1) is 5.82 Å². The van der Waals surface area contributed by atoms with Gasteiger partial charge >= 0.3 is 0 Å².